The van der Waals surface area contributed by atoms with Crippen LogP contribution in [0.25, 0.3) is 0 Å². The average molecular weight is 234 g/mol. The first-order valence-electron chi connectivity index (χ1n) is 6.00. The number of aromatic nitrogens is 2. The number of nitrogens with two attached hydrogens (primary N) is 1. The first kappa shape index (κ1) is 11.7. The molecule has 0 atom stereocenters. The summed E-state index contributed by atoms with van der Waals surface area (Å²) >= 11 is 0. The van der Waals surface area contributed by atoms with E-state index in [2.05, 4.69) is 28.3 Å². The molecule has 2 rings (SSSR count). The molecule has 92 valence electrons. The van der Waals surface area contributed by atoms with Crippen molar-refractivity contribution in [2.45, 2.75) is 19.9 Å². The summed E-state index contributed by atoms with van der Waals surface area (Å²) in [5.74, 6) is 1.22. The van der Waals surface area contributed by atoms with Crippen molar-refractivity contribution in [2.24, 2.45) is 0 Å². The van der Waals surface area contributed by atoms with Crippen molar-refractivity contribution in [1.82, 2.24) is 15.1 Å². The van der Waals surface area contributed by atoms with Crippen LogP contribution in [0.1, 0.15) is 18.9 Å². The molecule has 0 radical (unpaired) electrons. The predicted octanol–water partition coefficient (Wildman–Crippen LogP) is 0.157. The highest BCUT2D eigenvalue weighted by molar-refractivity contribution is 5.65. The zero-order chi connectivity index (χ0) is 12.3. The normalized spacial score (nSPS) is 15.9. The highest BCUT2D eigenvalue weighted by atomic mass is 15.4. The number of hydrogen-bond acceptors (Lipinski definition) is 5. The van der Waals surface area contributed by atoms with Crippen LogP contribution in [0.5, 0.6) is 0 Å². The van der Waals surface area contributed by atoms with Crippen molar-refractivity contribution < 1.29 is 0 Å². The van der Waals surface area contributed by atoms with Gasteiger partial charge in [0.25, 0.3) is 0 Å². The standard InChI is InChI=1S/C11H18N6/c1-2-5-17-10(13)9(8-12)11(15-17)16-6-3-14-4-7-16/h14H,2-7,13H2,1H3. The molecule has 0 aliphatic carbocycles. The van der Waals surface area contributed by atoms with Crippen LogP contribution in [0.3, 0.4) is 0 Å². The monoisotopic (exact) mass is 234 g/mol. The van der Waals surface area contributed by atoms with E-state index >= 15 is 0 Å². The number of aryl methyl sites for hydroxylation is 1. The van der Waals surface area contributed by atoms with E-state index in [1.807, 2.05) is 0 Å². The summed E-state index contributed by atoms with van der Waals surface area (Å²) in [6.07, 6.45) is 0.956. The summed E-state index contributed by atoms with van der Waals surface area (Å²) < 4.78 is 1.73. The Morgan fingerprint density at radius 2 is 2.18 bits per heavy atom. The highest BCUT2D eigenvalue weighted by Crippen LogP contribution is 2.24. The lowest BCUT2D eigenvalue weighted by atomic mass is 10.2. The molecule has 3 N–H and O–H groups in total. The molecule has 1 aliphatic rings. The first-order valence-corrected chi connectivity index (χ1v) is 6.00. The fourth-order valence-electron chi connectivity index (χ4n) is 2.05. The number of hydrogen-bond donors (Lipinski definition) is 2. The van der Waals surface area contributed by atoms with Crippen molar-refractivity contribution >= 4 is 11.6 Å². The fourth-order valence-corrected chi connectivity index (χ4v) is 2.05. The quantitative estimate of drug-likeness (QED) is 0.778. The lowest BCUT2D eigenvalue weighted by Gasteiger charge is -2.27. The number of nitrogen functional groups attached to an aromatic ring is 1. The van der Waals surface area contributed by atoms with Crippen LogP contribution >= 0.6 is 0 Å². The minimum absolute atomic E-state index is 0.489. The minimum Gasteiger partial charge on any atom is -0.383 e. The summed E-state index contributed by atoms with van der Waals surface area (Å²) in [4.78, 5) is 2.12. The fraction of sp³-hybridized carbons (Fsp3) is 0.636. The lowest BCUT2D eigenvalue weighted by molar-refractivity contribution is 0.569. The van der Waals surface area contributed by atoms with Crippen LogP contribution in [0.4, 0.5) is 11.6 Å². The number of nitriles is 1. The van der Waals surface area contributed by atoms with Gasteiger partial charge < -0.3 is 16.0 Å². The maximum Gasteiger partial charge on any atom is 0.171 e. The topological polar surface area (TPSA) is 82.9 Å². The molecule has 1 fully saturated rings. The van der Waals surface area contributed by atoms with E-state index in [1.165, 1.54) is 0 Å². The molecule has 6 nitrogen and oxygen atoms in total. The van der Waals surface area contributed by atoms with Crippen molar-refractivity contribution in [3.8, 4) is 6.07 Å². The van der Waals surface area contributed by atoms with Gasteiger partial charge in [-0.1, -0.05) is 6.92 Å². The average Bonchev–Trinajstić information content (AvgIpc) is 2.68. The van der Waals surface area contributed by atoms with E-state index in [-0.39, 0.29) is 0 Å². The van der Waals surface area contributed by atoms with Crippen LogP contribution in [-0.4, -0.2) is 36.0 Å². The Bertz CT molecular complexity index is 424. The molecule has 0 unspecified atom stereocenters. The summed E-state index contributed by atoms with van der Waals surface area (Å²) in [5, 5.41) is 16.9. The Balaban J connectivity index is 2.32. The smallest absolute Gasteiger partial charge is 0.171 e. The van der Waals surface area contributed by atoms with Gasteiger partial charge in [0, 0.05) is 32.7 Å². The van der Waals surface area contributed by atoms with Crippen LogP contribution in [0, 0.1) is 11.3 Å². The molecule has 0 amide bonds. The van der Waals surface area contributed by atoms with Crippen molar-refractivity contribution in [2.75, 3.05) is 36.8 Å². The van der Waals surface area contributed by atoms with Crippen molar-refractivity contribution in [3.05, 3.63) is 5.56 Å². The Morgan fingerprint density at radius 3 is 2.76 bits per heavy atom. The van der Waals surface area contributed by atoms with E-state index in [1.54, 1.807) is 4.68 Å². The number of rotatable bonds is 3. The lowest BCUT2D eigenvalue weighted by Crippen LogP contribution is -2.44. The summed E-state index contributed by atoms with van der Waals surface area (Å²) in [5.41, 5.74) is 6.46. The number of nitrogens with one attached hydrogen (secondary N) is 1. The van der Waals surface area contributed by atoms with Gasteiger partial charge >= 0.3 is 0 Å². The third-order valence-corrected chi connectivity index (χ3v) is 2.94. The third kappa shape index (κ3) is 2.19. The Morgan fingerprint density at radius 1 is 1.47 bits per heavy atom. The van der Waals surface area contributed by atoms with Crippen LogP contribution in [-0.2, 0) is 6.54 Å². The molecule has 0 aromatic carbocycles. The molecule has 0 saturated carbocycles. The second-order valence-corrected chi connectivity index (χ2v) is 4.16. The molecule has 1 aromatic rings. The number of anilines is 2. The van der Waals surface area contributed by atoms with Crippen molar-refractivity contribution in [3.63, 3.8) is 0 Å². The van der Waals surface area contributed by atoms with Gasteiger partial charge in [-0.05, 0) is 6.42 Å². The third-order valence-electron chi connectivity index (χ3n) is 2.94. The van der Waals surface area contributed by atoms with Gasteiger partial charge in [0.15, 0.2) is 5.82 Å². The molecule has 17 heavy (non-hydrogen) atoms. The maximum absolute atomic E-state index is 9.19. The molecule has 1 aromatic heterocycles. The maximum atomic E-state index is 9.19. The second kappa shape index (κ2) is 5.06. The van der Waals surface area contributed by atoms with Gasteiger partial charge in [0.1, 0.15) is 17.5 Å². The SMILES string of the molecule is CCCn1nc(N2CCNCC2)c(C#N)c1N. The Hall–Kier alpha value is -1.74. The van der Waals surface area contributed by atoms with Gasteiger partial charge in [-0.3, -0.25) is 0 Å². The molecule has 0 spiro atoms. The predicted molar refractivity (Wildman–Crippen MR) is 66.7 cm³/mol. The molecular formula is C11H18N6. The number of piperazine rings is 1. The largest absolute Gasteiger partial charge is 0.383 e. The van der Waals surface area contributed by atoms with Crippen molar-refractivity contribution in [1.29, 1.82) is 5.26 Å². The Kier molecular flexibility index (Phi) is 3.49. The molecular weight excluding hydrogens is 216 g/mol. The zero-order valence-corrected chi connectivity index (χ0v) is 10.1. The summed E-state index contributed by atoms with van der Waals surface area (Å²) in [6.45, 7) is 6.41. The van der Waals surface area contributed by atoms with E-state index in [0.29, 0.717) is 11.4 Å². The van der Waals surface area contributed by atoms with Crippen LogP contribution in [0.2, 0.25) is 0 Å². The zero-order valence-electron chi connectivity index (χ0n) is 10.1. The van der Waals surface area contributed by atoms with Gasteiger partial charge in [0.2, 0.25) is 0 Å². The van der Waals surface area contributed by atoms with E-state index < -0.39 is 0 Å². The Labute approximate surface area is 101 Å². The number of nitrogens with zero attached hydrogens (tertiary/aromatic N) is 4. The minimum atomic E-state index is 0.489. The molecule has 2 heterocycles. The van der Waals surface area contributed by atoms with Crippen LogP contribution < -0.4 is 16.0 Å². The molecule has 6 heteroatoms. The molecule has 0 bridgehead atoms. The van der Waals surface area contributed by atoms with Crippen LogP contribution in [0.15, 0.2) is 0 Å². The van der Waals surface area contributed by atoms with Gasteiger partial charge in [-0.25, -0.2) is 4.68 Å². The van der Waals surface area contributed by atoms with Gasteiger partial charge in [-0.15, -0.1) is 0 Å². The first-order chi connectivity index (χ1) is 8.27. The molecule has 1 saturated heterocycles. The van der Waals surface area contributed by atoms with Gasteiger partial charge in [-0.2, -0.15) is 10.4 Å². The summed E-state index contributed by atoms with van der Waals surface area (Å²) in [6, 6.07) is 2.17. The summed E-state index contributed by atoms with van der Waals surface area (Å²) in [7, 11) is 0. The highest BCUT2D eigenvalue weighted by Gasteiger charge is 2.21. The van der Waals surface area contributed by atoms with E-state index in [4.69, 9.17) is 5.73 Å². The van der Waals surface area contributed by atoms with E-state index in [0.717, 1.165) is 45.0 Å². The van der Waals surface area contributed by atoms with Gasteiger partial charge in [0.05, 0.1) is 0 Å². The van der Waals surface area contributed by atoms with E-state index in [9.17, 15) is 5.26 Å². The molecule has 1 aliphatic heterocycles. The second-order valence-electron chi connectivity index (χ2n) is 4.16.